The van der Waals surface area contributed by atoms with Crippen molar-refractivity contribution in [2.45, 2.75) is 26.1 Å². The molecule has 31 heavy (non-hydrogen) atoms. The maximum atomic E-state index is 14.3. The number of ether oxygens (including phenoxy) is 1. The van der Waals surface area contributed by atoms with E-state index in [2.05, 4.69) is 36.2 Å². The Morgan fingerprint density at radius 3 is 1.84 bits per heavy atom. The van der Waals surface area contributed by atoms with Crippen molar-refractivity contribution in [2.24, 2.45) is 0 Å². The van der Waals surface area contributed by atoms with E-state index in [4.69, 9.17) is 17.0 Å². The van der Waals surface area contributed by atoms with Crippen molar-refractivity contribution < 1.29 is 9.30 Å². The summed E-state index contributed by atoms with van der Waals surface area (Å²) >= 11 is 5.72. The highest BCUT2D eigenvalue weighted by atomic mass is 32.1. The van der Waals surface area contributed by atoms with Gasteiger partial charge in [-0.05, 0) is 38.1 Å². The Bertz CT molecular complexity index is 1020. The molecule has 3 aromatic carbocycles. The van der Waals surface area contributed by atoms with E-state index >= 15 is 0 Å². The third-order valence-electron chi connectivity index (χ3n) is 5.43. The Morgan fingerprint density at radius 1 is 0.871 bits per heavy atom. The highest BCUT2D eigenvalue weighted by Crippen LogP contribution is 2.45. The van der Waals surface area contributed by atoms with Crippen molar-refractivity contribution in [2.75, 3.05) is 23.3 Å². The Balaban J connectivity index is 1.58. The van der Waals surface area contributed by atoms with Gasteiger partial charge in [0, 0.05) is 35.1 Å². The molecule has 1 aliphatic heterocycles. The van der Waals surface area contributed by atoms with Gasteiger partial charge in [-0.25, -0.2) is 0 Å². The average Bonchev–Trinajstić information content (AvgIpc) is 2.79. The lowest BCUT2D eigenvalue weighted by molar-refractivity contribution is -0.00521. The fourth-order valence-electron chi connectivity index (χ4n) is 4.01. The maximum absolute atomic E-state index is 14.3. The first-order valence-corrected chi connectivity index (χ1v) is 12.6. The van der Waals surface area contributed by atoms with Crippen LogP contribution in [-0.4, -0.2) is 30.0 Å². The lowest BCUT2D eigenvalue weighted by Crippen LogP contribution is -2.45. The van der Waals surface area contributed by atoms with Gasteiger partial charge in [0.15, 0.2) is 7.14 Å². The maximum Gasteiger partial charge on any atom is 0.197 e. The van der Waals surface area contributed by atoms with Crippen LogP contribution in [0.5, 0.6) is 0 Å². The van der Waals surface area contributed by atoms with Crippen molar-refractivity contribution in [1.82, 2.24) is 0 Å². The van der Waals surface area contributed by atoms with Crippen LogP contribution >= 0.6 is 19.4 Å². The smallest absolute Gasteiger partial charge is 0.197 e. The van der Waals surface area contributed by atoms with Crippen molar-refractivity contribution in [3.63, 3.8) is 0 Å². The normalized spacial score (nSPS) is 19.1. The number of thiocarbonyl (C=S) groups is 1. The summed E-state index contributed by atoms with van der Waals surface area (Å²) in [6, 6.07) is 27.1. The summed E-state index contributed by atoms with van der Waals surface area (Å²) in [5.74, 6) is 0. The van der Waals surface area contributed by atoms with Gasteiger partial charge in [-0.2, -0.15) is 0 Å². The lowest BCUT2D eigenvalue weighted by Gasteiger charge is -2.36. The second-order valence-corrected chi connectivity index (χ2v) is 11.3. The van der Waals surface area contributed by atoms with Crippen LogP contribution in [0.15, 0.2) is 84.9 Å². The van der Waals surface area contributed by atoms with Crippen LogP contribution in [0.25, 0.3) is 0 Å². The van der Waals surface area contributed by atoms with E-state index in [1.165, 1.54) is 0 Å². The third kappa shape index (κ3) is 4.74. The summed E-state index contributed by atoms with van der Waals surface area (Å²) < 4.78 is 20.5. The molecule has 1 aliphatic rings. The molecule has 2 atom stereocenters. The van der Waals surface area contributed by atoms with E-state index in [9.17, 15) is 4.57 Å². The van der Waals surface area contributed by atoms with Crippen molar-refractivity contribution in [1.29, 1.82) is 0 Å². The van der Waals surface area contributed by atoms with Gasteiger partial charge in [0.05, 0.1) is 12.2 Å². The van der Waals surface area contributed by atoms with Crippen LogP contribution in [0, 0.1) is 0 Å². The number of hydrogen-bond acceptors (Lipinski definition) is 4. The first-order valence-electron chi connectivity index (χ1n) is 10.5. The predicted octanol–water partition coefficient (Wildman–Crippen LogP) is 5.01. The number of anilines is 2. The van der Waals surface area contributed by atoms with Crippen molar-refractivity contribution in [3.05, 3.63) is 84.9 Å². The highest BCUT2D eigenvalue weighted by Gasteiger charge is 2.32. The van der Waals surface area contributed by atoms with Gasteiger partial charge in [0.1, 0.15) is 4.73 Å². The molecule has 4 nitrogen and oxygen atoms in total. The number of hydrogen-bond donors (Lipinski definition) is 1. The predicted molar refractivity (Wildman–Crippen MR) is 135 cm³/mol. The summed E-state index contributed by atoms with van der Waals surface area (Å²) in [6.45, 7) is 5.93. The monoisotopic (exact) mass is 450 g/mol. The molecule has 0 amide bonds. The molecule has 0 unspecified atom stereocenters. The van der Waals surface area contributed by atoms with Crippen LogP contribution in [0.4, 0.5) is 11.4 Å². The second-order valence-electron chi connectivity index (χ2n) is 7.92. The minimum absolute atomic E-state index is 0.205. The van der Waals surface area contributed by atoms with Crippen molar-refractivity contribution in [3.8, 4) is 0 Å². The quantitative estimate of drug-likeness (QED) is 0.437. The molecule has 0 aliphatic carbocycles. The highest BCUT2D eigenvalue weighted by molar-refractivity contribution is 8.08. The largest absolute Gasteiger partial charge is 0.372 e. The second kappa shape index (κ2) is 9.35. The molecule has 4 rings (SSSR count). The number of morpholine rings is 1. The molecule has 1 saturated heterocycles. The molecule has 3 aromatic rings. The van der Waals surface area contributed by atoms with Gasteiger partial charge in [0.2, 0.25) is 0 Å². The zero-order chi connectivity index (χ0) is 21.8. The van der Waals surface area contributed by atoms with Crippen LogP contribution in [0.1, 0.15) is 13.8 Å². The molecule has 1 N–H and O–H groups in total. The van der Waals surface area contributed by atoms with Gasteiger partial charge in [-0.3, -0.25) is 0 Å². The van der Waals surface area contributed by atoms with Gasteiger partial charge < -0.3 is 19.5 Å². The van der Waals surface area contributed by atoms with E-state index in [0.29, 0.717) is 4.73 Å². The molecule has 0 aromatic heterocycles. The van der Waals surface area contributed by atoms with Gasteiger partial charge >= 0.3 is 0 Å². The van der Waals surface area contributed by atoms with Gasteiger partial charge in [0.25, 0.3) is 0 Å². The summed E-state index contributed by atoms with van der Waals surface area (Å²) in [4.78, 5) is 2.33. The molecule has 0 bridgehead atoms. The molecule has 1 heterocycles. The van der Waals surface area contributed by atoms with E-state index in [1.807, 2.05) is 72.8 Å². The minimum atomic E-state index is -3.14. The number of nitrogens with one attached hydrogen (secondary N) is 1. The van der Waals surface area contributed by atoms with Gasteiger partial charge in [-0.1, -0.05) is 72.9 Å². The molecule has 0 radical (unpaired) electrons. The molecule has 0 saturated carbocycles. The lowest BCUT2D eigenvalue weighted by atomic mass is 10.2. The SMILES string of the molecule is C[C@@H]1CN(c2ccc(NC(=S)P(=O)(c3ccccc3)c3ccccc3)cc2)C[C@@H](C)O1. The molecule has 0 spiro atoms. The molecular formula is C25H27N2O2PS. The first kappa shape index (κ1) is 21.8. The summed E-state index contributed by atoms with van der Waals surface area (Å²) in [7, 11) is -3.14. The number of nitrogens with zero attached hydrogens (tertiary/aromatic N) is 1. The Hall–Kier alpha value is -2.46. The van der Waals surface area contributed by atoms with Crippen LogP contribution in [0.2, 0.25) is 0 Å². The first-order chi connectivity index (χ1) is 15.0. The van der Waals surface area contributed by atoms with Gasteiger partial charge in [-0.15, -0.1) is 0 Å². The summed E-state index contributed by atoms with van der Waals surface area (Å²) in [5, 5.41) is 4.71. The third-order valence-corrected chi connectivity index (χ3v) is 9.04. The molecule has 1 fully saturated rings. The number of benzene rings is 3. The Labute approximate surface area is 189 Å². The minimum Gasteiger partial charge on any atom is -0.372 e. The Morgan fingerprint density at radius 2 is 1.35 bits per heavy atom. The van der Waals surface area contributed by atoms with E-state index < -0.39 is 7.14 Å². The Kier molecular flexibility index (Phi) is 6.57. The topological polar surface area (TPSA) is 41.6 Å². The molecule has 160 valence electrons. The van der Waals surface area contributed by atoms with Crippen LogP contribution in [0.3, 0.4) is 0 Å². The standard InChI is InChI=1S/C25H27N2O2PS/c1-19-17-27(18-20(2)29-19)22-15-13-21(14-16-22)26-25(31)30(28,23-9-5-3-6-10-23)24-11-7-4-8-12-24/h3-16,19-20H,17-18H2,1-2H3,(H,26,31)/t19-,20-/m1/s1. The molecular weight excluding hydrogens is 423 g/mol. The zero-order valence-corrected chi connectivity index (χ0v) is 19.5. The zero-order valence-electron chi connectivity index (χ0n) is 17.8. The van der Waals surface area contributed by atoms with E-state index in [-0.39, 0.29) is 12.2 Å². The summed E-state index contributed by atoms with van der Waals surface area (Å²) in [5.41, 5.74) is 1.97. The molecule has 6 heteroatoms. The van der Waals surface area contributed by atoms with Crippen molar-refractivity contribution >= 4 is 46.1 Å². The van der Waals surface area contributed by atoms with E-state index in [0.717, 1.165) is 35.1 Å². The number of rotatable bonds is 5. The summed E-state index contributed by atoms with van der Waals surface area (Å²) in [6.07, 6.45) is 0.411. The van der Waals surface area contributed by atoms with Crippen LogP contribution < -0.4 is 20.8 Å². The fraction of sp³-hybridized carbons (Fsp3) is 0.240. The fourth-order valence-corrected chi connectivity index (χ4v) is 6.99. The van der Waals surface area contributed by atoms with E-state index in [1.54, 1.807) is 0 Å². The average molecular weight is 451 g/mol. The van der Waals surface area contributed by atoms with Crippen LogP contribution in [-0.2, 0) is 9.30 Å².